The molecule has 0 spiro atoms. The minimum atomic E-state index is -3.84. The maximum absolute atomic E-state index is 13.5. The molecule has 19 heavy (non-hydrogen) atoms. The number of halogens is 1. The van der Waals surface area contributed by atoms with Crippen LogP contribution >= 0.6 is 11.3 Å². The number of rotatable bonds is 4. The van der Waals surface area contributed by atoms with E-state index in [0.29, 0.717) is 0 Å². The first-order valence-corrected chi connectivity index (χ1v) is 7.87. The van der Waals surface area contributed by atoms with Crippen molar-refractivity contribution in [1.82, 2.24) is 9.71 Å². The molecule has 2 rings (SSSR count). The van der Waals surface area contributed by atoms with E-state index in [1.807, 2.05) is 13.8 Å². The van der Waals surface area contributed by atoms with E-state index in [1.165, 1.54) is 29.5 Å². The van der Waals surface area contributed by atoms with Crippen molar-refractivity contribution in [3.05, 3.63) is 45.7 Å². The van der Waals surface area contributed by atoms with Gasteiger partial charge in [0.15, 0.2) is 0 Å². The van der Waals surface area contributed by atoms with Crippen molar-refractivity contribution < 1.29 is 12.8 Å². The van der Waals surface area contributed by atoms with Gasteiger partial charge in [0, 0.05) is 11.4 Å². The van der Waals surface area contributed by atoms with Crippen LogP contribution in [0.3, 0.4) is 0 Å². The molecule has 102 valence electrons. The van der Waals surface area contributed by atoms with Crippen molar-refractivity contribution in [2.75, 3.05) is 0 Å². The summed E-state index contributed by atoms with van der Waals surface area (Å²) in [5.74, 6) is -0.757. The number of sulfonamides is 1. The number of nitrogens with one attached hydrogen (secondary N) is 1. The van der Waals surface area contributed by atoms with Crippen LogP contribution in [-0.2, 0) is 16.6 Å². The monoisotopic (exact) mass is 300 g/mol. The van der Waals surface area contributed by atoms with Crippen LogP contribution in [0.1, 0.15) is 15.6 Å². The lowest BCUT2D eigenvalue weighted by molar-refractivity contribution is 0.557. The normalized spacial score (nSPS) is 11.7. The Morgan fingerprint density at radius 2 is 2.00 bits per heavy atom. The van der Waals surface area contributed by atoms with Gasteiger partial charge in [0.05, 0.1) is 10.7 Å². The molecule has 1 heterocycles. The quantitative estimate of drug-likeness (QED) is 0.943. The molecule has 4 nitrogen and oxygen atoms in total. The second-order valence-corrected chi connectivity index (χ2v) is 7.02. The van der Waals surface area contributed by atoms with Gasteiger partial charge in [-0.2, -0.15) is 0 Å². The van der Waals surface area contributed by atoms with Crippen molar-refractivity contribution >= 4 is 21.4 Å². The SMILES string of the molecule is Cc1nc(C)c(CNS(=O)(=O)c2ccccc2F)s1. The third kappa shape index (κ3) is 3.17. The number of hydrogen-bond donors (Lipinski definition) is 1. The molecule has 0 aliphatic heterocycles. The van der Waals surface area contributed by atoms with Crippen LogP contribution in [0.25, 0.3) is 0 Å². The Balaban J connectivity index is 2.19. The molecule has 1 aromatic carbocycles. The first kappa shape index (κ1) is 14.1. The molecule has 2 aromatic rings. The summed E-state index contributed by atoms with van der Waals surface area (Å²) in [5.41, 5.74) is 0.790. The van der Waals surface area contributed by atoms with Crippen molar-refractivity contribution in [2.24, 2.45) is 0 Å². The van der Waals surface area contributed by atoms with Gasteiger partial charge in [-0.15, -0.1) is 11.3 Å². The molecule has 0 atom stereocenters. The number of thiazole rings is 1. The minimum Gasteiger partial charge on any atom is -0.247 e. The Morgan fingerprint density at radius 1 is 1.32 bits per heavy atom. The fourth-order valence-electron chi connectivity index (χ4n) is 1.64. The second-order valence-electron chi connectivity index (χ2n) is 4.00. The highest BCUT2D eigenvalue weighted by Crippen LogP contribution is 2.18. The summed E-state index contributed by atoms with van der Waals surface area (Å²) in [6, 6.07) is 5.30. The van der Waals surface area contributed by atoms with Gasteiger partial charge >= 0.3 is 0 Å². The third-order valence-electron chi connectivity index (χ3n) is 2.55. The van der Waals surface area contributed by atoms with Gasteiger partial charge in [0.2, 0.25) is 10.0 Å². The highest BCUT2D eigenvalue weighted by Gasteiger charge is 2.18. The zero-order chi connectivity index (χ0) is 14.0. The largest absolute Gasteiger partial charge is 0.247 e. The molecular formula is C12H13FN2O2S2. The second kappa shape index (κ2) is 5.36. The van der Waals surface area contributed by atoms with Gasteiger partial charge in [-0.05, 0) is 26.0 Å². The van der Waals surface area contributed by atoms with Gasteiger partial charge in [0.1, 0.15) is 10.7 Å². The predicted octanol–water partition coefficient (Wildman–Crippen LogP) is 2.38. The van der Waals surface area contributed by atoms with E-state index in [9.17, 15) is 12.8 Å². The Morgan fingerprint density at radius 3 is 2.58 bits per heavy atom. The first-order valence-electron chi connectivity index (χ1n) is 5.57. The van der Waals surface area contributed by atoms with Crippen LogP contribution in [-0.4, -0.2) is 13.4 Å². The lowest BCUT2D eigenvalue weighted by atomic mass is 10.4. The van der Waals surface area contributed by atoms with E-state index < -0.39 is 15.8 Å². The summed E-state index contributed by atoms with van der Waals surface area (Å²) in [7, 11) is -3.84. The molecule has 0 aliphatic carbocycles. The number of hydrogen-bond acceptors (Lipinski definition) is 4. The maximum atomic E-state index is 13.5. The van der Waals surface area contributed by atoms with Gasteiger partial charge in [0.25, 0.3) is 0 Å². The molecule has 0 unspecified atom stereocenters. The first-order chi connectivity index (χ1) is 8.90. The van der Waals surface area contributed by atoms with E-state index in [1.54, 1.807) is 0 Å². The van der Waals surface area contributed by atoms with Gasteiger partial charge in [-0.25, -0.2) is 22.5 Å². The maximum Gasteiger partial charge on any atom is 0.243 e. The third-order valence-corrected chi connectivity index (χ3v) is 5.06. The smallest absolute Gasteiger partial charge is 0.243 e. The fraction of sp³-hybridized carbons (Fsp3) is 0.250. The minimum absolute atomic E-state index is 0.119. The summed E-state index contributed by atoms with van der Waals surface area (Å²) in [4.78, 5) is 4.70. The summed E-state index contributed by atoms with van der Waals surface area (Å²) < 4.78 is 39.8. The number of aromatic nitrogens is 1. The summed E-state index contributed by atoms with van der Waals surface area (Å²) in [5, 5.41) is 0.873. The average Bonchev–Trinajstić information content (AvgIpc) is 2.66. The molecule has 1 N–H and O–H groups in total. The Hall–Kier alpha value is -1.31. The Bertz CT molecular complexity index is 696. The molecular weight excluding hydrogens is 287 g/mol. The highest BCUT2D eigenvalue weighted by molar-refractivity contribution is 7.89. The molecule has 0 saturated carbocycles. The summed E-state index contributed by atoms with van der Waals surface area (Å²) in [6.45, 7) is 3.79. The summed E-state index contributed by atoms with van der Waals surface area (Å²) >= 11 is 1.42. The topological polar surface area (TPSA) is 59.1 Å². The van der Waals surface area contributed by atoms with Crippen molar-refractivity contribution in [3.8, 4) is 0 Å². The van der Waals surface area contributed by atoms with Gasteiger partial charge in [-0.3, -0.25) is 0 Å². The molecule has 0 bridgehead atoms. The Kier molecular flexibility index (Phi) is 3.98. The van der Waals surface area contributed by atoms with Crippen molar-refractivity contribution in [2.45, 2.75) is 25.3 Å². The number of nitrogens with zero attached hydrogens (tertiary/aromatic N) is 1. The average molecular weight is 300 g/mol. The predicted molar refractivity (Wildman–Crippen MR) is 72.0 cm³/mol. The standard InChI is InChI=1S/C12H13FN2O2S2/c1-8-11(18-9(2)15-8)7-14-19(16,17)12-6-4-3-5-10(12)13/h3-6,14H,7H2,1-2H3. The Labute approximate surface area is 115 Å². The molecule has 0 aliphatic rings. The van der Waals surface area contributed by atoms with Crippen molar-refractivity contribution in [1.29, 1.82) is 0 Å². The van der Waals surface area contributed by atoms with Gasteiger partial charge < -0.3 is 0 Å². The highest BCUT2D eigenvalue weighted by atomic mass is 32.2. The van der Waals surface area contributed by atoms with E-state index in [-0.39, 0.29) is 11.4 Å². The van der Waals surface area contributed by atoms with Crippen LogP contribution in [0.4, 0.5) is 4.39 Å². The van der Waals surface area contributed by atoms with E-state index >= 15 is 0 Å². The summed E-state index contributed by atoms with van der Waals surface area (Å²) in [6.07, 6.45) is 0. The zero-order valence-electron chi connectivity index (χ0n) is 10.5. The lowest BCUT2D eigenvalue weighted by Crippen LogP contribution is -2.24. The van der Waals surface area contributed by atoms with Crippen LogP contribution in [0, 0.1) is 19.7 Å². The lowest BCUT2D eigenvalue weighted by Gasteiger charge is -2.06. The molecule has 0 radical (unpaired) electrons. The van der Waals surface area contributed by atoms with Crippen LogP contribution in [0.2, 0.25) is 0 Å². The molecule has 0 fully saturated rings. The zero-order valence-corrected chi connectivity index (χ0v) is 12.1. The molecule has 0 saturated heterocycles. The van der Waals surface area contributed by atoms with Gasteiger partial charge in [-0.1, -0.05) is 12.1 Å². The van der Waals surface area contributed by atoms with Crippen LogP contribution in [0.15, 0.2) is 29.2 Å². The van der Waals surface area contributed by atoms with Crippen molar-refractivity contribution in [3.63, 3.8) is 0 Å². The molecule has 1 aromatic heterocycles. The van der Waals surface area contributed by atoms with Crippen LogP contribution in [0.5, 0.6) is 0 Å². The van der Waals surface area contributed by atoms with Crippen LogP contribution < -0.4 is 4.72 Å². The molecule has 7 heteroatoms. The molecule has 0 amide bonds. The van der Waals surface area contributed by atoms with E-state index in [4.69, 9.17) is 0 Å². The van der Waals surface area contributed by atoms with E-state index in [0.717, 1.165) is 21.6 Å². The number of benzene rings is 1. The van der Waals surface area contributed by atoms with E-state index in [2.05, 4.69) is 9.71 Å². The number of aryl methyl sites for hydroxylation is 2. The fourth-order valence-corrected chi connectivity index (χ4v) is 3.68.